The lowest BCUT2D eigenvalue weighted by atomic mass is 10.1. The number of phenolic OH excluding ortho intramolecular Hbond substituents is 1. The Morgan fingerprint density at radius 3 is 3.14 bits per heavy atom. The molecular formula is C11H16N2O. The van der Waals surface area contributed by atoms with E-state index in [-0.39, 0.29) is 0 Å². The molecule has 3 N–H and O–H groups in total. The van der Waals surface area contributed by atoms with Gasteiger partial charge in [-0.25, -0.2) is 0 Å². The largest absolute Gasteiger partial charge is 0.508 e. The minimum absolute atomic E-state index is 0.418. The Bertz CT molecular complexity index is 325. The van der Waals surface area contributed by atoms with Crippen LogP contribution in [0.25, 0.3) is 0 Å². The Balaban J connectivity index is 2.06. The lowest BCUT2D eigenvalue weighted by molar-refractivity contribution is 0.468. The summed E-state index contributed by atoms with van der Waals surface area (Å²) in [5, 5.41) is 16.2. The van der Waals surface area contributed by atoms with Crippen molar-refractivity contribution in [1.29, 1.82) is 0 Å². The zero-order valence-electron chi connectivity index (χ0n) is 8.38. The van der Waals surface area contributed by atoms with Crippen molar-refractivity contribution in [3.05, 3.63) is 23.8 Å². The molecule has 3 nitrogen and oxygen atoms in total. The van der Waals surface area contributed by atoms with Crippen molar-refractivity contribution < 1.29 is 5.11 Å². The molecule has 2 rings (SSSR count). The van der Waals surface area contributed by atoms with Crippen LogP contribution in [0, 0.1) is 0 Å². The second kappa shape index (κ2) is 3.88. The summed E-state index contributed by atoms with van der Waals surface area (Å²) < 4.78 is 0. The van der Waals surface area contributed by atoms with E-state index in [1.54, 1.807) is 6.07 Å². The van der Waals surface area contributed by atoms with E-state index >= 15 is 0 Å². The maximum Gasteiger partial charge on any atom is 0.120 e. The maximum atomic E-state index is 9.62. The third-order valence-electron chi connectivity index (χ3n) is 2.70. The van der Waals surface area contributed by atoms with Crippen molar-refractivity contribution in [2.75, 3.05) is 18.9 Å². The number of benzene rings is 1. The van der Waals surface area contributed by atoms with E-state index in [2.05, 4.69) is 10.6 Å². The summed E-state index contributed by atoms with van der Waals surface area (Å²) in [4.78, 5) is 0. The highest BCUT2D eigenvalue weighted by Crippen LogP contribution is 2.33. The van der Waals surface area contributed by atoms with Gasteiger partial charge in [0.1, 0.15) is 5.75 Å². The standard InChI is InChI=1S/C11H16N2O/c1-12-6-5-8-7-9-10(13-8)3-2-4-11(9)14/h2-4,8,12-14H,5-7H2,1H3. The fourth-order valence-corrected chi connectivity index (χ4v) is 1.93. The first-order valence-corrected chi connectivity index (χ1v) is 5.03. The second-order valence-corrected chi connectivity index (χ2v) is 3.74. The van der Waals surface area contributed by atoms with Gasteiger partial charge in [0.05, 0.1) is 0 Å². The monoisotopic (exact) mass is 192 g/mol. The highest BCUT2D eigenvalue weighted by atomic mass is 16.3. The molecule has 0 aromatic heterocycles. The molecule has 1 aromatic rings. The highest BCUT2D eigenvalue weighted by Gasteiger charge is 2.21. The predicted octanol–water partition coefficient (Wildman–Crippen LogP) is 1.34. The first-order valence-electron chi connectivity index (χ1n) is 5.03. The van der Waals surface area contributed by atoms with Gasteiger partial charge < -0.3 is 15.7 Å². The van der Waals surface area contributed by atoms with Gasteiger partial charge in [0.25, 0.3) is 0 Å². The van der Waals surface area contributed by atoms with E-state index in [9.17, 15) is 5.11 Å². The summed E-state index contributed by atoms with van der Waals surface area (Å²) in [7, 11) is 1.96. The van der Waals surface area contributed by atoms with Crippen LogP contribution in [0.15, 0.2) is 18.2 Å². The van der Waals surface area contributed by atoms with Crippen molar-refractivity contribution in [2.45, 2.75) is 18.9 Å². The molecule has 76 valence electrons. The first-order chi connectivity index (χ1) is 6.81. The van der Waals surface area contributed by atoms with Crippen LogP contribution >= 0.6 is 0 Å². The number of hydrogen-bond donors (Lipinski definition) is 3. The average Bonchev–Trinajstić information content (AvgIpc) is 2.59. The van der Waals surface area contributed by atoms with Gasteiger partial charge in [-0.3, -0.25) is 0 Å². The molecule has 1 aromatic carbocycles. The molecular weight excluding hydrogens is 176 g/mol. The van der Waals surface area contributed by atoms with E-state index in [4.69, 9.17) is 0 Å². The molecule has 14 heavy (non-hydrogen) atoms. The normalized spacial score (nSPS) is 19.1. The SMILES string of the molecule is CNCCC1Cc2c(O)cccc2N1. The number of aromatic hydroxyl groups is 1. The smallest absolute Gasteiger partial charge is 0.120 e. The van der Waals surface area contributed by atoms with Crippen molar-refractivity contribution in [1.82, 2.24) is 5.32 Å². The van der Waals surface area contributed by atoms with E-state index in [0.29, 0.717) is 11.8 Å². The Hall–Kier alpha value is -1.22. The summed E-state index contributed by atoms with van der Waals surface area (Å²) in [6, 6.07) is 6.11. The van der Waals surface area contributed by atoms with Gasteiger partial charge >= 0.3 is 0 Å². The number of anilines is 1. The van der Waals surface area contributed by atoms with Gasteiger partial charge in [0, 0.05) is 17.3 Å². The molecule has 1 heterocycles. The lowest BCUT2D eigenvalue weighted by Crippen LogP contribution is -2.21. The Kier molecular flexibility index (Phi) is 2.59. The van der Waals surface area contributed by atoms with Crippen LogP contribution in [0.2, 0.25) is 0 Å². The highest BCUT2D eigenvalue weighted by molar-refractivity contribution is 5.61. The summed E-state index contributed by atoms with van der Waals surface area (Å²) in [6.45, 7) is 1.01. The van der Waals surface area contributed by atoms with E-state index in [0.717, 1.165) is 30.6 Å². The summed E-state index contributed by atoms with van der Waals surface area (Å²) in [5.41, 5.74) is 2.15. The Morgan fingerprint density at radius 1 is 1.57 bits per heavy atom. The minimum atomic E-state index is 0.418. The van der Waals surface area contributed by atoms with Crippen molar-refractivity contribution in [3.8, 4) is 5.75 Å². The molecule has 0 saturated carbocycles. The molecule has 0 saturated heterocycles. The molecule has 0 spiro atoms. The average molecular weight is 192 g/mol. The molecule has 0 amide bonds. The van der Waals surface area contributed by atoms with Gasteiger partial charge in [-0.05, 0) is 38.6 Å². The lowest BCUT2D eigenvalue weighted by Gasteiger charge is -2.09. The molecule has 1 aliphatic heterocycles. The number of rotatable bonds is 3. The zero-order chi connectivity index (χ0) is 9.97. The summed E-state index contributed by atoms with van der Waals surface area (Å²) in [5.74, 6) is 0.418. The van der Waals surface area contributed by atoms with Gasteiger partial charge in [0.15, 0.2) is 0 Å². The van der Waals surface area contributed by atoms with E-state index < -0.39 is 0 Å². The van der Waals surface area contributed by atoms with Crippen LogP contribution < -0.4 is 10.6 Å². The molecule has 1 unspecified atom stereocenters. The quantitative estimate of drug-likeness (QED) is 0.677. The van der Waals surface area contributed by atoms with Gasteiger partial charge in [-0.2, -0.15) is 0 Å². The van der Waals surface area contributed by atoms with E-state index in [1.165, 1.54) is 0 Å². The second-order valence-electron chi connectivity index (χ2n) is 3.74. The Morgan fingerprint density at radius 2 is 2.43 bits per heavy atom. The molecule has 0 aliphatic carbocycles. The van der Waals surface area contributed by atoms with Crippen molar-refractivity contribution in [3.63, 3.8) is 0 Å². The van der Waals surface area contributed by atoms with Crippen LogP contribution in [-0.2, 0) is 6.42 Å². The van der Waals surface area contributed by atoms with Gasteiger partial charge in [-0.15, -0.1) is 0 Å². The molecule has 0 bridgehead atoms. The third kappa shape index (κ3) is 1.68. The van der Waals surface area contributed by atoms with Crippen molar-refractivity contribution in [2.24, 2.45) is 0 Å². The fraction of sp³-hybridized carbons (Fsp3) is 0.455. The van der Waals surface area contributed by atoms with Crippen molar-refractivity contribution >= 4 is 5.69 Å². The fourth-order valence-electron chi connectivity index (χ4n) is 1.93. The van der Waals surface area contributed by atoms with Crippen LogP contribution in [-0.4, -0.2) is 24.7 Å². The molecule has 0 fully saturated rings. The molecule has 1 atom stereocenters. The summed E-state index contributed by atoms with van der Waals surface area (Å²) in [6.07, 6.45) is 2.02. The number of nitrogens with one attached hydrogen (secondary N) is 2. The zero-order valence-corrected chi connectivity index (χ0v) is 8.38. The van der Waals surface area contributed by atoms with Crippen LogP contribution in [0.1, 0.15) is 12.0 Å². The van der Waals surface area contributed by atoms with Crippen LogP contribution in [0.3, 0.4) is 0 Å². The summed E-state index contributed by atoms with van der Waals surface area (Å²) >= 11 is 0. The topological polar surface area (TPSA) is 44.3 Å². The number of phenols is 1. The molecule has 0 radical (unpaired) electrons. The molecule has 3 heteroatoms. The Labute approximate surface area is 84.1 Å². The van der Waals surface area contributed by atoms with E-state index in [1.807, 2.05) is 19.2 Å². The van der Waals surface area contributed by atoms with Gasteiger partial charge in [0.2, 0.25) is 0 Å². The maximum absolute atomic E-state index is 9.62. The first kappa shape index (κ1) is 9.34. The molecule has 1 aliphatic rings. The number of fused-ring (bicyclic) bond motifs is 1. The minimum Gasteiger partial charge on any atom is -0.508 e. The predicted molar refractivity (Wildman–Crippen MR) is 57.8 cm³/mol. The number of hydrogen-bond acceptors (Lipinski definition) is 3. The van der Waals surface area contributed by atoms with Gasteiger partial charge in [-0.1, -0.05) is 6.07 Å². The third-order valence-corrected chi connectivity index (χ3v) is 2.70. The van der Waals surface area contributed by atoms with Crippen LogP contribution in [0.5, 0.6) is 5.75 Å². The van der Waals surface area contributed by atoms with Crippen LogP contribution in [0.4, 0.5) is 5.69 Å².